The number of para-hydroxylation sites is 1. The first-order valence-electron chi connectivity index (χ1n) is 13.5. The lowest BCUT2D eigenvalue weighted by atomic mass is 9.72. The number of hydrogen-bond acceptors (Lipinski definition) is 5. The van der Waals surface area contributed by atoms with Crippen LogP contribution in [0.25, 0.3) is 0 Å². The lowest BCUT2D eigenvalue weighted by Crippen LogP contribution is -2.52. The van der Waals surface area contributed by atoms with E-state index in [4.69, 9.17) is 9.47 Å². The number of alkyl carbamates (subject to hydrolysis) is 1. The van der Waals surface area contributed by atoms with Crippen molar-refractivity contribution in [3.8, 4) is 11.5 Å². The normalized spacial score (nSPS) is 19.1. The van der Waals surface area contributed by atoms with Gasteiger partial charge in [-0.2, -0.15) is 0 Å². The van der Waals surface area contributed by atoms with Gasteiger partial charge in [-0.05, 0) is 76.3 Å². The summed E-state index contributed by atoms with van der Waals surface area (Å²) in [5.74, 6) is 0.758. The fraction of sp³-hybridized carbons (Fsp3) is 0.533. The van der Waals surface area contributed by atoms with E-state index in [0.717, 1.165) is 30.6 Å². The number of benzene rings is 2. The first-order valence-corrected chi connectivity index (χ1v) is 13.5. The summed E-state index contributed by atoms with van der Waals surface area (Å²) < 4.78 is 11.3. The first-order chi connectivity index (χ1) is 17.6. The number of ether oxygens (including phenoxy) is 2. The van der Waals surface area contributed by atoms with Crippen molar-refractivity contribution in [2.75, 3.05) is 13.1 Å². The molecule has 2 aliphatic rings. The highest BCUT2D eigenvalue weighted by Gasteiger charge is 2.45. The Morgan fingerprint density at radius 1 is 0.946 bits per heavy atom. The number of aliphatic hydroxyl groups is 1. The predicted molar refractivity (Wildman–Crippen MR) is 143 cm³/mol. The van der Waals surface area contributed by atoms with Gasteiger partial charge in [0.05, 0.1) is 11.5 Å². The number of hydrogen-bond donors (Lipinski definition) is 2. The van der Waals surface area contributed by atoms with E-state index in [-0.39, 0.29) is 11.9 Å². The maximum Gasteiger partial charge on any atom is 0.407 e. The van der Waals surface area contributed by atoms with Gasteiger partial charge in [0.15, 0.2) is 0 Å². The van der Waals surface area contributed by atoms with E-state index in [9.17, 15) is 14.7 Å². The molecule has 7 heteroatoms. The van der Waals surface area contributed by atoms with Gasteiger partial charge in [-0.3, -0.25) is 4.79 Å². The molecule has 1 atom stereocenters. The summed E-state index contributed by atoms with van der Waals surface area (Å²) in [6, 6.07) is 17.1. The van der Waals surface area contributed by atoms with Crippen molar-refractivity contribution in [2.24, 2.45) is 0 Å². The van der Waals surface area contributed by atoms with Crippen LogP contribution < -0.4 is 10.1 Å². The maximum absolute atomic E-state index is 13.9. The molecule has 200 valence electrons. The Kier molecular flexibility index (Phi) is 8.42. The summed E-state index contributed by atoms with van der Waals surface area (Å²) >= 11 is 0. The third-order valence-electron chi connectivity index (χ3n) is 7.22. The largest absolute Gasteiger partial charge is 0.457 e. The molecule has 4 rings (SSSR count). The van der Waals surface area contributed by atoms with E-state index in [1.54, 1.807) is 0 Å². The van der Waals surface area contributed by atoms with Gasteiger partial charge in [-0.15, -0.1) is 0 Å². The summed E-state index contributed by atoms with van der Waals surface area (Å²) in [7, 11) is 0. The summed E-state index contributed by atoms with van der Waals surface area (Å²) in [5.41, 5.74) is -0.808. The van der Waals surface area contributed by atoms with E-state index in [1.807, 2.05) is 80.3 Å². The average Bonchev–Trinajstić information content (AvgIpc) is 2.85. The monoisotopic (exact) mass is 508 g/mol. The van der Waals surface area contributed by atoms with E-state index in [0.29, 0.717) is 44.5 Å². The van der Waals surface area contributed by atoms with Crippen molar-refractivity contribution in [3.63, 3.8) is 0 Å². The fourth-order valence-corrected chi connectivity index (χ4v) is 5.39. The van der Waals surface area contributed by atoms with Crippen LogP contribution in [0, 0.1) is 0 Å². The minimum atomic E-state index is -1.07. The zero-order valence-corrected chi connectivity index (χ0v) is 22.2. The highest BCUT2D eigenvalue weighted by atomic mass is 16.6. The van der Waals surface area contributed by atoms with Gasteiger partial charge in [-0.25, -0.2) is 4.79 Å². The second-order valence-electron chi connectivity index (χ2n) is 11.3. The van der Waals surface area contributed by atoms with Crippen molar-refractivity contribution < 1.29 is 24.2 Å². The number of rotatable bonds is 6. The number of carbonyl (C=O) groups excluding carboxylic acids is 2. The number of nitrogens with zero attached hydrogens (tertiary/aromatic N) is 1. The van der Waals surface area contributed by atoms with Crippen LogP contribution in [0.4, 0.5) is 4.79 Å². The molecule has 2 N–H and O–H groups in total. The highest BCUT2D eigenvalue weighted by Crippen LogP contribution is 2.42. The molecule has 0 aromatic heterocycles. The number of nitrogens with one attached hydrogen (secondary N) is 1. The third-order valence-corrected chi connectivity index (χ3v) is 7.22. The zero-order chi connectivity index (χ0) is 26.5. The molecule has 37 heavy (non-hydrogen) atoms. The summed E-state index contributed by atoms with van der Waals surface area (Å²) in [5, 5.41) is 14.6. The molecule has 2 aromatic carbocycles. The predicted octanol–water partition coefficient (Wildman–Crippen LogP) is 5.77. The Balaban J connectivity index is 1.45. The fourth-order valence-electron chi connectivity index (χ4n) is 5.39. The first kappa shape index (κ1) is 27.0. The zero-order valence-electron chi connectivity index (χ0n) is 22.2. The molecule has 1 saturated carbocycles. The Labute approximate surface area is 220 Å². The molecule has 7 nitrogen and oxygen atoms in total. The van der Waals surface area contributed by atoms with Crippen LogP contribution >= 0.6 is 0 Å². The molecular weight excluding hydrogens is 468 g/mol. The van der Waals surface area contributed by atoms with Crippen molar-refractivity contribution >= 4 is 12.0 Å². The second kappa shape index (κ2) is 11.5. The summed E-state index contributed by atoms with van der Waals surface area (Å²) in [6.45, 7) is 6.57. The third kappa shape index (κ3) is 7.25. The standard InChI is InChI=1S/C30H40N2O5/c1-29(2,3)37-28(34)31-23-16-20-32(21-17-23)27(33)26(30(35)18-8-5-9-19-30)22-12-14-25(15-13-22)36-24-10-6-4-7-11-24/h4,6-7,10-15,23,26,35H,5,8-9,16-21H2,1-3H3,(H,31,34). The molecule has 0 radical (unpaired) electrons. The molecule has 1 heterocycles. The minimum absolute atomic E-state index is 0.0375. The van der Waals surface area contributed by atoms with Gasteiger partial charge in [-0.1, -0.05) is 49.6 Å². The molecule has 2 aromatic rings. The highest BCUT2D eigenvalue weighted by molar-refractivity contribution is 5.85. The topological polar surface area (TPSA) is 88.1 Å². The second-order valence-corrected chi connectivity index (χ2v) is 11.3. The molecular formula is C30H40N2O5. The summed E-state index contributed by atoms with van der Waals surface area (Å²) in [4.78, 5) is 27.9. The Bertz CT molecular complexity index is 1030. The van der Waals surface area contributed by atoms with Crippen molar-refractivity contribution in [1.29, 1.82) is 0 Å². The number of likely N-dealkylation sites (tertiary alicyclic amines) is 1. The van der Waals surface area contributed by atoms with Crippen molar-refractivity contribution in [3.05, 3.63) is 60.2 Å². The quantitative estimate of drug-likeness (QED) is 0.517. The van der Waals surface area contributed by atoms with Gasteiger partial charge in [0, 0.05) is 19.1 Å². The molecule has 2 amide bonds. The van der Waals surface area contributed by atoms with Crippen LogP contribution in [-0.2, 0) is 9.53 Å². The van der Waals surface area contributed by atoms with E-state index >= 15 is 0 Å². The van der Waals surface area contributed by atoms with E-state index in [2.05, 4.69) is 5.32 Å². The van der Waals surface area contributed by atoms with Crippen molar-refractivity contribution in [1.82, 2.24) is 10.2 Å². The Hall–Kier alpha value is -3.06. The molecule has 1 unspecified atom stereocenters. The number of piperidine rings is 1. The summed E-state index contributed by atoms with van der Waals surface area (Å²) in [6.07, 6.45) is 5.01. The SMILES string of the molecule is CC(C)(C)OC(=O)NC1CCN(C(=O)C(c2ccc(Oc3ccccc3)cc2)C2(O)CCCCC2)CC1. The van der Waals surface area contributed by atoms with Crippen LogP contribution in [0.3, 0.4) is 0 Å². The maximum atomic E-state index is 13.9. The molecule has 1 aliphatic heterocycles. The molecule has 1 aliphatic carbocycles. The van der Waals surface area contributed by atoms with Gasteiger partial charge in [0.25, 0.3) is 0 Å². The van der Waals surface area contributed by atoms with Gasteiger partial charge < -0.3 is 24.8 Å². The lowest BCUT2D eigenvalue weighted by molar-refractivity contribution is -0.142. The van der Waals surface area contributed by atoms with Gasteiger partial charge >= 0.3 is 6.09 Å². The van der Waals surface area contributed by atoms with Crippen LogP contribution in [0.1, 0.15) is 77.2 Å². The van der Waals surface area contributed by atoms with Gasteiger partial charge in [0.2, 0.25) is 5.91 Å². The molecule has 0 bridgehead atoms. The lowest BCUT2D eigenvalue weighted by Gasteiger charge is -2.42. The van der Waals surface area contributed by atoms with E-state index in [1.165, 1.54) is 0 Å². The Morgan fingerprint density at radius 2 is 1.54 bits per heavy atom. The van der Waals surface area contributed by atoms with E-state index < -0.39 is 23.2 Å². The molecule has 1 saturated heterocycles. The number of amides is 2. The minimum Gasteiger partial charge on any atom is -0.457 e. The number of carbonyl (C=O) groups is 2. The average molecular weight is 509 g/mol. The molecule has 0 spiro atoms. The molecule has 2 fully saturated rings. The van der Waals surface area contributed by atoms with Crippen LogP contribution in [0.5, 0.6) is 11.5 Å². The Morgan fingerprint density at radius 3 is 2.14 bits per heavy atom. The van der Waals surface area contributed by atoms with Crippen LogP contribution in [-0.4, -0.2) is 52.3 Å². The van der Waals surface area contributed by atoms with Crippen LogP contribution in [0.2, 0.25) is 0 Å². The van der Waals surface area contributed by atoms with Crippen LogP contribution in [0.15, 0.2) is 54.6 Å². The van der Waals surface area contributed by atoms with Gasteiger partial charge in [0.1, 0.15) is 17.1 Å². The smallest absolute Gasteiger partial charge is 0.407 e. The van der Waals surface area contributed by atoms with Crippen molar-refractivity contribution in [2.45, 2.75) is 88.9 Å².